The van der Waals surface area contributed by atoms with Crippen LogP contribution in [0.1, 0.15) is 27.2 Å². The molecule has 4 nitrogen and oxygen atoms in total. The van der Waals surface area contributed by atoms with E-state index in [1.165, 1.54) is 7.11 Å². The third kappa shape index (κ3) is 5.35. The second-order valence-electron chi connectivity index (χ2n) is 4.10. The van der Waals surface area contributed by atoms with Crippen molar-refractivity contribution in [2.24, 2.45) is 5.41 Å². The van der Waals surface area contributed by atoms with Gasteiger partial charge in [-0.25, -0.2) is 4.79 Å². The highest BCUT2D eigenvalue weighted by atomic mass is 16.5. The minimum Gasteiger partial charge on any atom is -0.481 e. The van der Waals surface area contributed by atoms with Gasteiger partial charge < -0.3 is 9.84 Å². The smallest absolute Gasteiger partial charge is 0.334 e. The number of carboxylic acids is 1. The molecule has 0 aromatic carbocycles. The van der Waals surface area contributed by atoms with Crippen molar-refractivity contribution in [2.75, 3.05) is 7.11 Å². The fourth-order valence-corrected chi connectivity index (χ4v) is 0.999. The number of allylic oxidation sites excluding steroid dienone is 1. The van der Waals surface area contributed by atoms with Crippen LogP contribution in [0.3, 0.4) is 0 Å². The Kier molecular flexibility index (Phi) is 4.34. The SMILES string of the molecule is COC(=O)/C(=C/C(C)(C)C)CC(=O)O. The molecule has 0 bridgehead atoms. The number of ether oxygens (including phenoxy) is 1. The number of hydrogen-bond acceptors (Lipinski definition) is 3. The van der Waals surface area contributed by atoms with Crippen molar-refractivity contribution in [2.45, 2.75) is 27.2 Å². The van der Waals surface area contributed by atoms with Crippen LogP contribution < -0.4 is 0 Å². The number of rotatable bonds is 3. The van der Waals surface area contributed by atoms with Crippen molar-refractivity contribution >= 4 is 11.9 Å². The molecular weight excluding hydrogens is 184 g/mol. The normalized spacial score (nSPS) is 12.4. The average molecular weight is 200 g/mol. The first kappa shape index (κ1) is 12.7. The second kappa shape index (κ2) is 4.79. The van der Waals surface area contributed by atoms with Gasteiger partial charge in [0.1, 0.15) is 0 Å². The first-order chi connectivity index (χ1) is 6.26. The zero-order chi connectivity index (χ0) is 11.4. The summed E-state index contributed by atoms with van der Waals surface area (Å²) in [6.07, 6.45) is 1.32. The number of carbonyl (C=O) groups excluding carboxylic acids is 1. The molecule has 0 spiro atoms. The maximum Gasteiger partial charge on any atom is 0.334 e. The number of hydrogen-bond donors (Lipinski definition) is 1. The van der Waals surface area contributed by atoms with Crippen molar-refractivity contribution < 1.29 is 19.4 Å². The molecule has 0 amide bonds. The summed E-state index contributed by atoms with van der Waals surface area (Å²) in [6.45, 7) is 5.66. The molecule has 0 radical (unpaired) electrons. The maximum absolute atomic E-state index is 11.2. The Morgan fingerprint density at radius 2 is 1.86 bits per heavy atom. The molecule has 0 saturated heterocycles. The number of carboxylic acid groups (broad SMARTS) is 1. The predicted molar refractivity (Wildman–Crippen MR) is 51.8 cm³/mol. The molecule has 0 aliphatic heterocycles. The van der Waals surface area contributed by atoms with Crippen LogP contribution in [0.25, 0.3) is 0 Å². The zero-order valence-corrected chi connectivity index (χ0v) is 8.96. The number of methoxy groups -OCH3 is 1. The lowest BCUT2D eigenvalue weighted by Crippen LogP contribution is -2.13. The molecule has 14 heavy (non-hydrogen) atoms. The molecule has 0 heterocycles. The van der Waals surface area contributed by atoms with E-state index < -0.39 is 11.9 Å². The third-order valence-corrected chi connectivity index (χ3v) is 1.40. The third-order valence-electron chi connectivity index (χ3n) is 1.40. The van der Waals surface area contributed by atoms with Crippen molar-refractivity contribution in [3.63, 3.8) is 0 Å². The van der Waals surface area contributed by atoms with Gasteiger partial charge in [0.25, 0.3) is 0 Å². The van der Waals surface area contributed by atoms with Gasteiger partial charge >= 0.3 is 11.9 Å². The molecule has 0 unspecified atom stereocenters. The van der Waals surface area contributed by atoms with Crippen LogP contribution in [-0.4, -0.2) is 24.2 Å². The standard InChI is InChI=1S/C10H16O4/c1-10(2,3)6-7(5-8(11)12)9(13)14-4/h6H,5H2,1-4H3,(H,11,12)/b7-6+. The van der Waals surface area contributed by atoms with Gasteiger partial charge in [0.05, 0.1) is 13.5 Å². The lowest BCUT2D eigenvalue weighted by Gasteiger charge is -2.14. The fraction of sp³-hybridized carbons (Fsp3) is 0.600. The maximum atomic E-state index is 11.2. The highest BCUT2D eigenvalue weighted by Gasteiger charge is 2.17. The lowest BCUT2D eigenvalue weighted by atomic mass is 9.92. The molecule has 0 aliphatic rings. The van der Waals surface area contributed by atoms with E-state index in [0.717, 1.165) is 0 Å². The summed E-state index contributed by atoms with van der Waals surface area (Å²) >= 11 is 0. The van der Waals surface area contributed by atoms with E-state index in [4.69, 9.17) is 5.11 Å². The highest BCUT2D eigenvalue weighted by molar-refractivity contribution is 5.93. The van der Waals surface area contributed by atoms with E-state index >= 15 is 0 Å². The van der Waals surface area contributed by atoms with Crippen LogP contribution in [0, 0.1) is 5.41 Å². The average Bonchev–Trinajstić information content (AvgIpc) is 1.98. The first-order valence-electron chi connectivity index (χ1n) is 4.28. The monoisotopic (exact) mass is 200 g/mol. The summed E-state index contributed by atoms with van der Waals surface area (Å²) in [5.74, 6) is -1.62. The van der Waals surface area contributed by atoms with Crippen molar-refractivity contribution in [3.05, 3.63) is 11.6 Å². The molecule has 0 rings (SSSR count). The largest absolute Gasteiger partial charge is 0.481 e. The molecule has 0 aromatic heterocycles. The summed E-state index contributed by atoms with van der Waals surface area (Å²) in [4.78, 5) is 21.6. The van der Waals surface area contributed by atoms with Gasteiger partial charge in [0, 0.05) is 5.57 Å². The first-order valence-corrected chi connectivity index (χ1v) is 4.28. The van der Waals surface area contributed by atoms with Crippen LogP contribution in [-0.2, 0) is 14.3 Å². The van der Waals surface area contributed by atoms with Gasteiger partial charge in [-0.05, 0) is 5.41 Å². The summed E-state index contributed by atoms with van der Waals surface area (Å²) in [5.41, 5.74) is -0.0496. The van der Waals surface area contributed by atoms with E-state index in [0.29, 0.717) is 0 Å². The summed E-state index contributed by atoms with van der Waals surface area (Å²) in [6, 6.07) is 0. The number of carbonyl (C=O) groups is 2. The molecule has 0 atom stereocenters. The second-order valence-corrected chi connectivity index (χ2v) is 4.10. The van der Waals surface area contributed by atoms with Gasteiger partial charge in [0.2, 0.25) is 0 Å². The molecule has 0 saturated carbocycles. The van der Waals surface area contributed by atoms with E-state index in [1.54, 1.807) is 6.08 Å². The van der Waals surface area contributed by atoms with Gasteiger partial charge in [-0.15, -0.1) is 0 Å². The number of esters is 1. The lowest BCUT2D eigenvalue weighted by molar-refractivity contribution is -0.141. The van der Waals surface area contributed by atoms with Crippen LogP contribution in [0.2, 0.25) is 0 Å². The van der Waals surface area contributed by atoms with Gasteiger partial charge in [-0.3, -0.25) is 4.79 Å². The Balaban J connectivity index is 4.81. The molecule has 0 fully saturated rings. The minimum atomic E-state index is -1.04. The van der Waals surface area contributed by atoms with Crippen LogP contribution in [0.4, 0.5) is 0 Å². The van der Waals surface area contributed by atoms with E-state index in [9.17, 15) is 9.59 Å². The summed E-state index contributed by atoms with van der Waals surface area (Å²) in [7, 11) is 1.24. The number of aliphatic carboxylic acids is 1. The molecule has 0 aliphatic carbocycles. The van der Waals surface area contributed by atoms with E-state index in [2.05, 4.69) is 4.74 Å². The van der Waals surface area contributed by atoms with Gasteiger partial charge in [-0.2, -0.15) is 0 Å². The Hall–Kier alpha value is -1.32. The van der Waals surface area contributed by atoms with Crippen molar-refractivity contribution in [1.82, 2.24) is 0 Å². The zero-order valence-electron chi connectivity index (χ0n) is 8.96. The van der Waals surface area contributed by atoms with Crippen molar-refractivity contribution in [3.8, 4) is 0 Å². The highest BCUT2D eigenvalue weighted by Crippen LogP contribution is 2.19. The molecular formula is C10H16O4. The topological polar surface area (TPSA) is 63.6 Å². The Morgan fingerprint density at radius 1 is 1.36 bits per heavy atom. The molecule has 4 heteroatoms. The van der Waals surface area contributed by atoms with Crippen LogP contribution in [0.15, 0.2) is 11.6 Å². The van der Waals surface area contributed by atoms with Gasteiger partial charge in [-0.1, -0.05) is 26.8 Å². The minimum absolute atomic E-state index is 0.188. The summed E-state index contributed by atoms with van der Waals surface area (Å²) < 4.78 is 4.49. The Morgan fingerprint density at radius 3 is 2.14 bits per heavy atom. The molecule has 0 aromatic rings. The fourth-order valence-electron chi connectivity index (χ4n) is 0.999. The Labute approximate surface area is 83.6 Å². The van der Waals surface area contributed by atoms with Crippen LogP contribution >= 0.6 is 0 Å². The van der Waals surface area contributed by atoms with E-state index in [-0.39, 0.29) is 17.4 Å². The van der Waals surface area contributed by atoms with Crippen molar-refractivity contribution in [1.29, 1.82) is 0 Å². The summed E-state index contributed by atoms with van der Waals surface area (Å²) in [5, 5.41) is 8.58. The van der Waals surface area contributed by atoms with Gasteiger partial charge in [0.15, 0.2) is 0 Å². The Bertz CT molecular complexity index is 258. The van der Waals surface area contributed by atoms with Crippen LogP contribution in [0.5, 0.6) is 0 Å². The molecule has 80 valence electrons. The quantitative estimate of drug-likeness (QED) is 0.555. The molecule has 1 N–H and O–H groups in total. The van der Waals surface area contributed by atoms with E-state index in [1.807, 2.05) is 20.8 Å². The predicted octanol–water partition coefficient (Wildman–Crippen LogP) is 1.61.